The minimum absolute atomic E-state index is 0.257. The van der Waals surface area contributed by atoms with Gasteiger partial charge in [-0.2, -0.15) is 0 Å². The summed E-state index contributed by atoms with van der Waals surface area (Å²) in [6, 6.07) is 5.17. The number of hydrogen-bond acceptors (Lipinski definition) is 5. The molecule has 6 heteroatoms. The van der Waals surface area contributed by atoms with Gasteiger partial charge in [-0.25, -0.2) is 0 Å². The smallest absolute Gasteiger partial charge is 0.291 e. The van der Waals surface area contributed by atoms with E-state index in [1.54, 1.807) is 18.2 Å². The Kier molecular flexibility index (Phi) is 3.10. The van der Waals surface area contributed by atoms with Gasteiger partial charge in [-0.15, -0.1) is 0 Å². The fraction of sp³-hybridized carbons (Fsp3) is 0.308. The van der Waals surface area contributed by atoms with Gasteiger partial charge in [0.15, 0.2) is 11.5 Å². The van der Waals surface area contributed by atoms with Crippen LogP contribution in [-0.2, 0) is 4.79 Å². The van der Waals surface area contributed by atoms with Gasteiger partial charge in [0.05, 0.1) is 5.69 Å². The molecule has 0 saturated carbocycles. The van der Waals surface area contributed by atoms with Crippen molar-refractivity contribution in [2.24, 2.45) is 0 Å². The van der Waals surface area contributed by atoms with Crippen molar-refractivity contribution in [2.75, 3.05) is 23.9 Å². The van der Waals surface area contributed by atoms with Crippen molar-refractivity contribution in [3.05, 3.63) is 29.5 Å². The largest absolute Gasteiger partial charge is 0.449 e. The van der Waals surface area contributed by atoms with Crippen molar-refractivity contribution < 1.29 is 14.7 Å². The molecule has 0 radical (unpaired) electrons. The van der Waals surface area contributed by atoms with Crippen molar-refractivity contribution in [3.63, 3.8) is 0 Å². The van der Waals surface area contributed by atoms with Gasteiger partial charge in [-0.05, 0) is 43.6 Å². The second-order valence-corrected chi connectivity index (χ2v) is 4.53. The van der Waals surface area contributed by atoms with Crippen LogP contribution < -0.4 is 20.9 Å². The van der Waals surface area contributed by atoms with Crippen LogP contribution in [-0.4, -0.2) is 24.2 Å². The summed E-state index contributed by atoms with van der Waals surface area (Å²) in [5.74, 6) is 0.677. The zero-order chi connectivity index (χ0) is 13.2. The van der Waals surface area contributed by atoms with Crippen LogP contribution in [0.4, 0.5) is 11.4 Å². The monoisotopic (exact) mass is 261 g/mol. The van der Waals surface area contributed by atoms with Crippen LogP contribution in [0.25, 0.3) is 0 Å². The molecule has 4 N–H and O–H groups in total. The zero-order valence-corrected chi connectivity index (χ0v) is 10.3. The molecular formula is C13H15N3O3. The number of para-hydroxylation sites is 1. The fourth-order valence-corrected chi connectivity index (χ4v) is 2.35. The van der Waals surface area contributed by atoms with E-state index in [0.717, 1.165) is 31.5 Å². The van der Waals surface area contributed by atoms with E-state index in [0.29, 0.717) is 22.9 Å². The van der Waals surface area contributed by atoms with Gasteiger partial charge < -0.3 is 15.4 Å². The Balaban J connectivity index is 1.98. The van der Waals surface area contributed by atoms with Crippen molar-refractivity contribution in [3.8, 4) is 5.75 Å². The van der Waals surface area contributed by atoms with Gasteiger partial charge >= 0.3 is 0 Å². The Bertz CT molecular complexity index is 546. The molecule has 1 amide bonds. The van der Waals surface area contributed by atoms with E-state index < -0.39 is 0 Å². The molecule has 2 heterocycles. The summed E-state index contributed by atoms with van der Waals surface area (Å²) < 4.78 is 5.71. The van der Waals surface area contributed by atoms with Gasteiger partial charge in [0.1, 0.15) is 5.69 Å². The Hall–Kier alpha value is -2.05. The molecule has 0 atom stereocenters. The summed E-state index contributed by atoms with van der Waals surface area (Å²) in [7, 11) is 0. The van der Waals surface area contributed by atoms with Crippen molar-refractivity contribution in [1.29, 1.82) is 0 Å². The lowest BCUT2D eigenvalue weighted by atomic mass is 10.0. The van der Waals surface area contributed by atoms with E-state index in [1.165, 1.54) is 0 Å². The number of benzene rings is 1. The molecule has 0 spiro atoms. The summed E-state index contributed by atoms with van der Waals surface area (Å²) in [6.07, 6.45) is 1.63. The van der Waals surface area contributed by atoms with Crippen LogP contribution in [0.2, 0.25) is 0 Å². The SMILES string of the molecule is O=C1Nc2c(NO)cccc2OC1=C1CCNCC1. The Morgan fingerprint density at radius 2 is 2.05 bits per heavy atom. The van der Waals surface area contributed by atoms with E-state index in [2.05, 4.69) is 10.6 Å². The number of anilines is 2. The molecule has 2 aliphatic rings. The quantitative estimate of drug-likeness (QED) is 0.454. The molecule has 0 bridgehead atoms. The first kappa shape index (κ1) is 12.0. The van der Waals surface area contributed by atoms with E-state index in [4.69, 9.17) is 9.94 Å². The van der Waals surface area contributed by atoms with Crippen LogP contribution in [0.3, 0.4) is 0 Å². The average Bonchev–Trinajstić information content (AvgIpc) is 2.47. The van der Waals surface area contributed by atoms with Crippen LogP contribution in [0.5, 0.6) is 5.75 Å². The molecule has 0 aromatic heterocycles. The van der Waals surface area contributed by atoms with Gasteiger partial charge in [-0.1, -0.05) is 6.07 Å². The number of carbonyl (C=O) groups is 1. The normalized spacial score (nSPS) is 18.5. The van der Waals surface area contributed by atoms with Crippen LogP contribution in [0, 0.1) is 0 Å². The molecule has 1 aromatic rings. The standard InChI is InChI=1S/C13H15N3O3/c17-13-12(8-4-6-14-7-5-8)19-10-3-1-2-9(16-18)11(10)15-13/h1-3,14,16,18H,4-7H2,(H,15,17). The highest BCUT2D eigenvalue weighted by Gasteiger charge is 2.27. The van der Waals surface area contributed by atoms with E-state index >= 15 is 0 Å². The predicted molar refractivity (Wildman–Crippen MR) is 70.2 cm³/mol. The maximum atomic E-state index is 12.1. The van der Waals surface area contributed by atoms with Crippen molar-refractivity contribution in [1.82, 2.24) is 5.32 Å². The highest BCUT2D eigenvalue weighted by atomic mass is 16.5. The summed E-state index contributed by atoms with van der Waals surface area (Å²) >= 11 is 0. The number of nitrogens with one attached hydrogen (secondary N) is 3. The van der Waals surface area contributed by atoms with E-state index in [1.807, 2.05) is 5.48 Å². The molecule has 100 valence electrons. The Labute approximate surface area is 110 Å². The summed E-state index contributed by atoms with van der Waals surface area (Å²) in [5.41, 5.74) is 3.96. The molecule has 0 aliphatic carbocycles. The zero-order valence-electron chi connectivity index (χ0n) is 10.3. The second-order valence-electron chi connectivity index (χ2n) is 4.53. The first-order chi connectivity index (χ1) is 9.29. The topological polar surface area (TPSA) is 82.6 Å². The first-order valence-electron chi connectivity index (χ1n) is 6.24. The first-order valence-corrected chi connectivity index (χ1v) is 6.24. The number of ether oxygens (including phenoxy) is 1. The molecule has 0 unspecified atom stereocenters. The minimum Gasteiger partial charge on any atom is -0.449 e. The summed E-state index contributed by atoms with van der Waals surface area (Å²) in [4.78, 5) is 12.1. The highest BCUT2D eigenvalue weighted by Crippen LogP contribution is 2.38. The molecule has 2 aliphatic heterocycles. The maximum absolute atomic E-state index is 12.1. The van der Waals surface area contributed by atoms with Crippen LogP contribution in [0.1, 0.15) is 12.8 Å². The van der Waals surface area contributed by atoms with Crippen LogP contribution >= 0.6 is 0 Å². The van der Waals surface area contributed by atoms with E-state index in [9.17, 15) is 4.79 Å². The molecule has 1 aromatic carbocycles. The highest BCUT2D eigenvalue weighted by molar-refractivity contribution is 6.08. The van der Waals surface area contributed by atoms with Gasteiger partial charge in [-0.3, -0.25) is 15.5 Å². The number of carbonyl (C=O) groups excluding carboxylic acids is 1. The van der Waals surface area contributed by atoms with E-state index in [-0.39, 0.29) is 5.91 Å². The molecule has 1 fully saturated rings. The number of piperidine rings is 1. The summed E-state index contributed by atoms with van der Waals surface area (Å²) in [5, 5.41) is 15.0. The van der Waals surface area contributed by atoms with Crippen LogP contribution in [0.15, 0.2) is 29.5 Å². The average molecular weight is 261 g/mol. The second kappa shape index (κ2) is 4.91. The molecule has 6 nitrogen and oxygen atoms in total. The lowest BCUT2D eigenvalue weighted by Gasteiger charge is -2.25. The summed E-state index contributed by atoms with van der Waals surface area (Å²) in [6.45, 7) is 1.72. The molecule has 1 saturated heterocycles. The Morgan fingerprint density at radius 1 is 1.26 bits per heavy atom. The Morgan fingerprint density at radius 3 is 2.79 bits per heavy atom. The molecule has 3 rings (SSSR count). The number of hydrogen-bond donors (Lipinski definition) is 4. The third kappa shape index (κ3) is 2.16. The van der Waals surface area contributed by atoms with Crippen molar-refractivity contribution >= 4 is 17.3 Å². The van der Waals surface area contributed by atoms with Crippen molar-refractivity contribution in [2.45, 2.75) is 12.8 Å². The third-order valence-electron chi connectivity index (χ3n) is 3.33. The number of amides is 1. The fourth-order valence-electron chi connectivity index (χ4n) is 2.35. The number of fused-ring (bicyclic) bond motifs is 1. The third-order valence-corrected chi connectivity index (χ3v) is 3.33. The predicted octanol–water partition coefficient (Wildman–Crippen LogP) is 1.46. The lowest BCUT2D eigenvalue weighted by Crippen LogP contribution is -2.30. The maximum Gasteiger partial charge on any atom is 0.291 e. The van der Waals surface area contributed by atoms with Gasteiger partial charge in [0.2, 0.25) is 0 Å². The van der Waals surface area contributed by atoms with Gasteiger partial charge in [0.25, 0.3) is 5.91 Å². The van der Waals surface area contributed by atoms with Gasteiger partial charge in [0, 0.05) is 0 Å². The molecular weight excluding hydrogens is 246 g/mol. The number of rotatable bonds is 1. The molecule has 19 heavy (non-hydrogen) atoms. The lowest BCUT2D eigenvalue weighted by molar-refractivity contribution is -0.115. The minimum atomic E-state index is -0.257.